The molecule has 108 valence electrons. The maximum atomic E-state index is 5.52. The smallest absolute Gasteiger partial charge is 0.217 e. The molecule has 0 aromatic carbocycles. The molecule has 1 N–H and O–H groups in total. The molecule has 0 saturated carbocycles. The molecule has 0 aliphatic heterocycles. The second-order valence-corrected chi connectivity index (χ2v) is 5.48. The van der Waals surface area contributed by atoms with Gasteiger partial charge in [-0.05, 0) is 35.8 Å². The van der Waals surface area contributed by atoms with Crippen LogP contribution >= 0.6 is 15.9 Å². The van der Waals surface area contributed by atoms with Crippen LogP contribution in [0.25, 0.3) is 0 Å². The third-order valence-corrected chi connectivity index (χ3v) is 3.24. The van der Waals surface area contributed by atoms with E-state index in [2.05, 4.69) is 38.3 Å². The number of hydrogen-bond donors (Lipinski definition) is 1. The Hall–Kier alpha value is -1.40. The van der Waals surface area contributed by atoms with Crippen LogP contribution < -0.4 is 10.1 Å². The first-order valence-electron chi connectivity index (χ1n) is 6.67. The summed E-state index contributed by atoms with van der Waals surface area (Å²) >= 11 is 3.40. The van der Waals surface area contributed by atoms with Gasteiger partial charge in [0.2, 0.25) is 5.88 Å². The van der Waals surface area contributed by atoms with Crippen molar-refractivity contribution < 1.29 is 4.74 Å². The van der Waals surface area contributed by atoms with Crippen molar-refractivity contribution in [3.8, 4) is 5.88 Å². The largest absolute Gasteiger partial charge is 0.478 e. The zero-order chi connectivity index (χ0) is 14.4. The molecule has 0 fully saturated rings. The van der Waals surface area contributed by atoms with Crippen LogP contribution in [0.1, 0.15) is 19.4 Å². The summed E-state index contributed by atoms with van der Waals surface area (Å²) in [4.78, 5) is 4.25. The number of halogens is 1. The Morgan fingerprint density at radius 2 is 2.35 bits per heavy atom. The van der Waals surface area contributed by atoms with Crippen molar-refractivity contribution in [2.24, 2.45) is 0 Å². The van der Waals surface area contributed by atoms with Crippen molar-refractivity contribution in [1.82, 2.24) is 20.1 Å². The minimum Gasteiger partial charge on any atom is -0.478 e. The van der Waals surface area contributed by atoms with E-state index in [1.165, 1.54) is 0 Å². The minimum absolute atomic E-state index is 0.302. The van der Waals surface area contributed by atoms with E-state index in [1.54, 1.807) is 12.4 Å². The van der Waals surface area contributed by atoms with E-state index >= 15 is 0 Å². The SMILES string of the molecule is CCOc1ncccc1CNC(C)Cn1cc(Br)cn1. The van der Waals surface area contributed by atoms with Crippen molar-refractivity contribution in [3.63, 3.8) is 0 Å². The molecule has 20 heavy (non-hydrogen) atoms. The van der Waals surface area contributed by atoms with Crippen molar-refractivity contribution in [2.45, 2.75) is 33.0 Å². The lowest BCUT2D eigenvalue weighted by Gasteiger charge is -2.15. The summed E-state index contributed by atoms with van der Waals surface area (Å²) in [5.41, 5.74) is 1.07. The summed E-state index contributed by atoms with van der Waals surface area (Å²) in [6.45, 7) is 6.26. The second kappa shape index (κ2) is 7.40. The molecule has 2 aromatic heterocycles. The van der Waals surface area contributed by atoms with Gasteiger partial charge < -0.3 is 10.1 Å². The van der Waals surface area contributed by atoms with Gasteiger partial charge in [-0.25, -0.2) is 4.98 Å². The van der Waals surface area contributed by atoms with E-state index in [0.717, 1.165) is 23.1 Å². The highest BCUT2D eigenvalue weighted by Gasteiger charge is 2.07. The molecule has 0 bridgehead atoms. The second-order valence-electron chi connectivity index (χ2n) is 4.56. The Labute approximate surface area is 127 Å². The molecule has 1 atom stereocenters. The zero-order valence-electron chi connectivity index (χ0n) is 11.7. The summed E-state index contributed by atoms with van der Waals surface area (Å²) in [5.74, 6) is 0.705. The molecule has 6 heteroatoms. The van der Waals surface area contributed by atoms with E-state index in [1.807, 2.05) is 29.9 Å². The number of hydrogen-bond acceptors (Lipinski definition) is 4. The van der Waals surface area contributed by atoms with Crippen molar-refractivity contribution in [1.29, 1.82) is 0 Å². The number of pyridine rings is 1. The minimum atomic E-state index is 0.302. The van der Waals surface area contributed by atoms with Crippen LogP contribution in [0.5, 0.6) is 5.88 Å². The fourth-order valence-corrected chi connectivity index (χ4v) is 2.22. The fourth-order valence-electron chi connectivity index (χ4n) is 1.89. The van der Waals surface area contributed by atoms with Gasteiger partial charge in [0, 0.05) is 30.5 Å². The molecule has 0 radical (unpaired) electrons. The summed E-state index contributed by atoms with van der Waals surface area (Å²) in [7, 11) is 0. The topological polar surface area (TPSA) is 52.0 Å². The van der Waals surface area contributed by atoms with E-state index < -0.39 is 0 Å². The third kappa shape index (κ3) is 4.31. The molecule has 0 amide bonds. The van der Waals surface area contributed by atoms with Crippen LogP contribution in [0.15, 0.2) is 35.2 Å². The average molecular weight is 339 g/mol. The molecule has 0 saturated heterocycles. The Morgan fingerprint density at radius 3 is 3.05 bits per heavy atom. The van der Waals surface area contributed by atoms with Gasteiger partial charge >= 0.3 is 0 Å². The maximum Gasteiger partial charge on any atom is 0.217 e. The van der Waals surface area contributed by atoms with Gasteiger partial charge in [-0.1, -0.05) is 6.07 Å². The molecule has 2 rings (SSSR count). The summed E-state index contributed by atoms with van der Waals surface area (Å²) in [6.07, 6.45) is 5.51. The lowest BCUT2D eigenvalue weighted by molar-refractivity contribution is 0.320. The van der Waals surface area contributed by atoms with Gasteiger partial charge in [0.05, 0.1) is 23.8 Å². The first-order chi connectivity index (χ1) is 9.69. The van der Waals surface area contributed by atoms with E-state index in [9.17, 15) is 0 Å². The number of nitrogens with one attached hydrogen (secondary N) is 1. The van der Waals surface area contributed by atoms with Crippen LogP contribution in [0.2, 0.25) is 0 Å². The van der Waals surface area contributed by atoms with Crippen LogP contribution in [0.3, 0.4) is 0 Å². The molecule has 5 nitrogen and oxygen atoms in total. The van der Waals surface area contributed by atoms with Crippen LogP contribution in [-0.4, -0.2) is 27.4 Å². The zero-order valence-corrected chi connectivity index (χ0v) is 13.3. The Bertz CT molecular complexity index is 543. The highest BCUT2D eigenvalue weighted by molar-refractivity contribution is 9.10. The maximum absolute atomic E-state index is 5.52. The highest BCUT2D eigenvalue weighted by atomic mass is 79.9. The van der Waals surface area contributed by atoms with Crippen LogP contribution in [0, 0.1) is 0 Å². The number of nitrogens with zero attached hydrogens (tertiary/aromatic N) is 3. The van der Waals surface area contributed by atoms with E-state index in [0.29, 0.717) is 18.5 Å². The van der Waals surface area contributed by atoms with Crippen molar-refractivity contribution in [2.75, 3.05) is 6.61 Å². The van der Waals surface area contributed by atoms with Gasteiger partial charge in [0.25, 0.3) is 0 Å². The Morgan fingerprint density at radius 1 is 1.50 bits per heavy atom. The highest BCUT2D eigenvalue weighted by Crippen LogP contribution is 2.14. The quantitative estimate of drug-likeness (QED) is 0.843. The first kappa shape index (κ1) is 15.0. The summed E-state index contributed by atoms with van der Waals surface area (Å²) in [5, 5.41) is 7.71. The molecule has 2 aromatic rings. The molecular weight excluding hydrogens is 320 g/mol. The van der Waals surface area contributed by atoms with Gasteiger partial charge in [-0.15, -0.1) is 0 Å². The molecule has 2 heterocycles. The molecule has 0 spiro atoms. The summed E-state index contributed by atoms with van der Waals surface area (Å²) < 4.78 is 8.42. The predicted molar refractivity (Wildman–Crippen MR) is 81.6 cm³/mol. The van der Waals surface area contributed by atoms with Crippen molar-refractivity contribution in [3.05, 3.63) is 40.8 Å². The fraction of sp³-hybridized carbons (Fsp3) is 0.429. The van der Waals surface area contributed by atoms with Gasteiger partial charge in [-0.2, -0.15) is 5.10 Å². The average Bonchev–Trinajstić information content (AvgIpc) is 2.83. The Balaban J connectivity index is 1.88. The first-order valence-corrected chi connectivity index (χ1v) is 7.46. The molecule has 0 aliphatic carbocycles. The molecule has 1 unspecified atom stereocenters. The summed E-state index contributed by atoms with van der Waals surface area (Å²) in [6, 6.07) is 4.26. The predicted octanol–water partition coefficient (Wildman–Crippen LogP) is 2.62. The van der Waals surface area contributed by atoms with Crippen LogP contribution in [0.4, 0.5) is 0 Å². The monoisotopic (exact) mass is 338 g/mol. The van der Waals surface area contributed by atoms with E-state index in [-0.39, 0.29) is 0 Å². The van der Waals surface area contributed by atoms with Gasteiger partial charge in [0.15, 0.2) is 0 Å². The molecule has 0 aliphatic rings. The van der Waals surface area contributed by atoms with Crippen molar-refractivity contribution >= 4 is 15.9 Å². The Kier molecular flexibility index (Phi) is 5.55. The molecular formula is C14H19BrN4O. The normalized spacial score (nSPS) is 12.3. The standard InChI is InChI=1S/C14H19BrN4O/c1-3-20-14-12(5-4-6-16-14)7-17-11(2)9-19-10-13(15)8-18-19/h4-6,8,10-11,17H,3,7,9H2,1-2H3. The van der Waals surface area contributed by atoms with Crippen LogP contribution in [-0.2, 0) is 13.1 Å². The number of rotatable bonds is 7. The van der Waals surface area contributed by atoms with Gasteiger partial charge in [-0.3, -0.25) is 4.68 Å². The number of ether oxygens (including phenoxy) is 1. The van der Waals surface area contributed by atoms with E-state index in [4.69, 9.17) is 4.74 Å². The van der Waals surface area contributed by atoms with Gasteiger partial charge in [0.1, 0.15) is 0 Å². The number of aromatic nitrogens is 3. The lowest BCUT2D eigenvalue weighted by atomic mass is 10.2. The third-order valence-electron chi connectivity index (χ3n) is 2.83. The lowest BCUT2D eigenvalue weighted by Crippen LogP contribution is -2.30.